The molecule has 4 aromatic carbocycles. The first-order chi connectivity index (χ1) is 29.0. The summed E-state index contributed by atoms with van der Waals surface area (Å²) in [4.78, 5) is 0. The van der Waals surface area contributed by atoms with Gasteiger partial charge < -0.3 is 77.3 Å². The van der Waals surface area contributed by atoms with Crippen molar-refractivity contribution in [1.29, 1.82) is 0 Å². The number of methoxy groups -OCH3 is 8. The molecule has 4 N–H and O–H groups in total. The molecule has 4 aliphatic heterocycles. The lowest BCUT2D eigenvalue weighted by molar-refractivity contribution is 0.0188. The van der Waals surface area contributed by atoms with Gasteiger partial charge in [0.25, 0.3) is 0 Å². The smallest absolute Gasteiger partial charge is 0.200 e. The van der Waals surface area contributed by atoms with E-state index < -0.39 is 0 Å². The van der Waals surface area contributed by atoms with Crippen molar-refractivity contribution in [2.45, 2.75) is 24.4 Å². The SMILES string of the molecule is COc1cc([C@H]2OC[C@H]3[C@@H]2CO[C@@H]3c2cc(OC)c(O)c(OC)c2)cc(OC)c1O.COc1cc([C@H]2OC[C@H]3[C@@H]2CO[C@@H]3c2cc(OC)c(O)c(OC)c2)cc(OC)c1O. The van der Waals surface area contributed by atoms with Crippen LogP contribution in [0.15, 0.2) is 48.5 Å². The van der Waals surface area contributed by atoms with Gasteiger partial charge >= 0.3 is 0 Å². The highest BCUT2D eigenvalue weighted by molar-refractivity contribution is 5.56. The average molecular weight is 837 g/mol. The van der Waals surface area contributed by atoms with Gasteiger partial charge in [-0.15, -0.1) is 0 Å². The molecule has 8 rings (SSSR count). The zero-order valence-corrected chi connectivity index (χ0v) is 34.8. The van der Waals surface area contributed by atoms with Gasteiger partial charge in [-0.2, -0.15) is 0 Å². The fraction of sp³-hybridized carbons (Fsp3) is 0.455. The molecule has 0 bridgehead atoms. The Hall–Kier alpha value is -5.68. The summed E-state index contributed by atoms with van der Waals surface area (Å²) in [6.45, 7) is 2.04. The highest BCUT2D eigenvalue weighted by Crippen LogP contribution is 2.55. The van der Waals surface area contributed by atoms with Crippen LogP contribution < -0.4 is 37.9 Å². The zero-order chi connectivity index (χ0) is 42.8. The van der Waals surface area contributed by atoms with Gasteiger partial charge in [0.05, 0.1) is 108 Å². The molecule has 4 aromatic rings. The van der Waals surface area contributed by atoms with E-state index in [1.165, 1.54) is 56.9 Å². The summed E-state index contributed by atoms with van der Waals surface area (Å²) in [5, 5.41) is 40.8. The summed E-state index contributed by atoms with van der Waals surface area (Å²) in [5.74, 6) is 2.95. The summed E-state index contributed by atoms with van der Waals surface area (Å²) < 4.78 is 66.9. The Labute approximate surface area is 347 Å². The first kappa shape index (κ1) is 42.4. The molecule has 16 heteroatoms. The predicted octanol–water partition coefficient (Wildman–Crippen LogP) is 6.41. The normalized spacial score (nSPS) is 25.1. The molecule has 8 atom stereocenters. The van der Waals surface area contributed by atoms with Gasteiger partial charge in [-0.05, 0) is 70.8 Å². The van der Waals surface area contributed by atoms with Crippen molar-refractivity contribution >= 4 is 0 Å². The Kier molecular flexibility index (Phi) is 12.7. The van der Waals surface area contributed by atoms with Gasteiger partial charge in [0.1, 0.15) is 0 Å². The van der Waals surface area contributed by atoms with Crippen molar-refractivity contribution in [3.63, 3.8) is 0 Å². The van der Waals surface area contributed by atoms with Crippen LogP contribution in [-0.4, -0.2) is 104 Å². The first-order valence-electron chi connectivity index (χ1n) is 19.3. The second kappa shape index (κ2) is 17.9. The van der Waals surface area contributed by atoms with Crippen LogP contribution in [0.5, 0.6) is 69.0 Å². The van der Waals surface area contributed by atoms with Crippen LogP contribution in [0.2, 0.25) is 0 Å². The minimum Gasteiger partial charge on any atom is -0.502 e. The number of rotatable bonds is 12. The van der Waals surface area contributed by atoms with Gasteiger partial charge in [-0.3, -0.25) is 0 Å². The van der Waals surface area contributed by atoms with Crippen LogP contribution in [0.1, 0.15) is 46.7 Å². The Bertz CT molecular complexity index is 1750. The predicted molar refractivity (Wildman–Crippen MR) is 214 cm³/mol. The molecule has 4 aliphatic rings. The molecule has 4 saturated heterocycles. The maximum Gasteiger partial charge on any atom is 0.200 e. The van der Waals surface area contributed by atoms with E-state index in [-0.39, 0.29) is 71.1 Å². The van der Waals surface area contributed by atoms with Crippen LogP contribution in [0.4, 0.5) is 0 Å². The number of hydrogen-bond donors (Lipinski definition) is 4. The molecule has 4 heterocycles. The van der Waals surface area contributed by atoms with E-state index in [4.69, 9.17) is 56.8 Å². The van der Waals surface area contributed by atoms with Gasteiger partial charge in [0, 0.05) is 23.7 Å². The monoisotopic (exact) mass is 836 g/mol. The van der Waals surface area contributed by atoms with E-state index in [1.807, 2.05) is 0 Å². The number of fused-ring (bicyclic) bond motifs is 2. The molecule has 60 heavy (non-hydrogen) atoms. The molecule has 0 spiro atoms. The van der Waals surface area contributed by atoms with Crippen molar-refractivity contribution in [2.75, 3.05) is 83.3 Å². The topological polar surface area (TPSA) is 192 Å². The molecular formula is C44H52O16. The molecule has 0 radical (unpaired) electrons. The Morgan fingerprint density at radius 3 is 0.600 bits per heavy atom. The lowest BCUT2D eigenvalue weighted by Gasteiger charge is -2.19. The Morgan fingerprint density at radius 2 is 0.467 bits per heavy atom. The number of benzene rings is 4. The number of ether oxygens (including phenoxy) is 12. The second-order valence-electron chi connectivity index (χ2n) is 14.8. The lowest BCUT2D eigenvalue weighted by Crippen LogP contribution is -2.15. The number of hydrogen-bond acceptors (Lipinski definition) is 16. The van der Waals surface area contributed by atoms with Crippen molar-refractivity contribution in [3.8, 4) is 69.0 Å². The number of phenolic OH excluding ortho intramolecular Hbond substituents is 4. The van der Waals surface area contributed by atoms with Crippen molar-refractivity contribution in [2.24, 2.45) is 23.7 Å². The number of aromatic hydroxyl groups is 4. The molecule has 16 nitrogen and oxygen atoms in total. The van der Waals surface area contributed by atoms with E-state index in [0.717, 1.165) is 22.3 Å². The minimum atomic E-state index is -0.218. The van der Waals surface area contributed by atoms with E-state index in [1.54, 1.807) is 48.5 Å². The summed E-state index contributed by atoms with van der Waals surface area (Å²) in [5.41, 5.74) is 3.44. The van der Waals surface area contributed by atoms with E-state index in [9.17, 15) is 20.4 Å². The third-order valence-electron chi connectivity index (χ3n) is 11.9. The van der Waals surface area contributed by atoms with E-state index in [0.29, 0.717) is 72.4 Å². The van der Waals surface area contributed by atoms with Gasteiger partial charge in [-0.25, -0.2) is 0 Å². The molecular weight excluding hydrogens is 784 g/mol. The van der Waals surface area contributed by atoms with Crippen LogP contribution in [0.3, 0.4) is 0 Å². The first-order valence-corrected chi connectivity index (χ1v) is 19.3. The fourth-order valence-corrected chi connectivity index (χ4v) is 8.78. The van der Waals surface area contributed by atoms with Gasteiger partial charge in [0.15, 0.2) is 46.0 Å². The molecule has 0 aromatic heterocycles. The van der Waals surface area contributed by atoms with Crippen molar-refractivity contribution in [3.05, 3.63) is 70.8 Å². The summed E-state index contributed by atoms with van der Waals surface area (Å²) >= 11 is 0. The highest BCUT2D eigenvalue weighted by Gasteiger charge is 2.50. The average Bonchev–Trinajstić information content (AvgIpc) is 4.08. The molecule has 4 fully saturated rings. The van der Waals surface area contributed by atoms with Gasteiger partial charge in [-0.1, -0.05) is 0 Å². The lowest BCUT2D eigenvalue weighted by atomic mass is 9.84. The molecule has 324 valence electrons. The standard InChI is InChI=1S/2C22H26O8/c2*1-25-15-5-11(6-16(26-2)19(15)23)21-13-9-30-22(14(13)10-29-21)12-7-17(27-3)20(24)18(8-12)28-4/h2*5-8,13-14,21-24H,9-10H2,1-4H3/t2*13-,14-,21+,22+/m00/s1. The molecule has 0 amide bonds. The van der Waals surface area contributed by atoms with Crippen LogP contribution >= 0.6 is 0 Å². The fourth-order valence-electron chi connectivity index (χ4n) is 8.78. The minimum absolute atomic E-state index is 0.0397. The van der Waals surface area contributed by atoms with Crippen LogP contribution in [-0.2, 0) is 18.9 Å². The molecule has 0 unspecified atom stereocenters. The van der Waals surface area contributed by atoms with Crippen LogP contribution in [0.25, 0.3) is 0 Å². The molecule has 0 saturated carbocycles. The Morgan fingerprint density at radius 1 is 0.317 bits per heavy atom. The summed E-state index contributed by atoms with van der Waals surface area (Å²) in [6.07, 6.45) is -0.873. The zero-order valence-electron chi connectivity index (χ0n) is 34.8. The third kappa shape index (κ3) is 7.64. The maximum atomic E-state index is 10.2. The quantitative estimate of drug-likeness (QED) is 0.122. The van der Waals surface area contributed by atoms with E-state index >= 15 is 0 Å². The van der Waals surface area contributed by atoms with Crippen molar-refractivity contribution < 1.29 is 77.3 Å². The summed E-state index contributed by atoms with van der Waals surface area (Å²) in [6, 6.07) is 14.1. The van der Waals surface area contributed by atoms with Gasteiger partial charge in [0.2, 0.25) is 23.0 Å². The molecule has 0 aliphatic carbocycles. The largest absolute Gasteiger partial charge is 0.502 e. The van der Waals surface area contributed by atoms with Crippen LogP contribution in [0, 0.1) is 23.7 Å². The Balaban J connectivity index is 0.000000181. The summed E-state index contributed by atoms with van der Waals surface area (Å²) in [7, 11) is 12.0. The number of phenols is 4. The van der Waals surface area contributed by atoms with E-state index in [2.05, 4.69) is 0 Å². The maximum absolute atomic E-state index is 10.2. The second-order valence-corrected chi connectivity index (χ2v) is 14.8. The third-order valence-corrected chi connectivity index (χ3v) is 11.9. The highest BCUT2D eigenvalue weighted by atomic mass is 16.5. The van der Waals surface area contributed by atoms with Crippen molar-refractivity contribution in [1.82, 2.24) is 0 Å².